The van der Waals surface area contributed by atoms with E-state index in [0.29, 0.717) is 6.54 Å². The van der Waals surface area contributed by atoms with Gasteiger partial charge in [0, 0.05) is 6.54 Å². The molecule has 0 radical (unpaired) electrons. The number of aryl methyl sites for hydroxylation is 1. The standard InChI is InChI=1S/C10H15N3O2S/c1-6-4-16-5-7(6)3-13-10(15)8(11)2-9(12)14/h4-5,8H,2-3,11H2,1H3,(H2,12,14)(H,13,15). The van der Waals surface area contributed by atoms with Gasteiger partial charge in [-0.3, -0.25) is 9.59 Å². The zero-order chi connectivity index (χ0) is 12.1. The van der Waals surface area contributed by atoms with Crippen molar-refractivity contribution in [2.45, 2.75) is 25.9 Å². The van der Waals surface area contributed by atoms with Crippen molar-refractivity contribution >= 4 is 23.2 Å². The fourth-order valence-electron chi connectivity index (χ4n) is 1.19. The normalized spacial score (nSPS) is 12.1. The topological polar surface area (TPSA) is 98.2 Å². The molecule has 1 aromatic rings. The highest BCUT2D eigenvalue weighted by molar-refractivity contribution is 7.08. The van der Waals surface area contributed by atoms with Crippen molar-refractivity contribution in [3.63, 3.8) is 0 Å². The van der Waals surface area contributed by atoms with E-state index in [1.165, 1.54) is 0 Å². The molecule has 0 aromatic carbocycles. The summed E-state index contributed by atoms with van der Waals surface area (Å²) >= 11 is 1.58. The van der Waals surface area contributed by atoms with E-state index >= 15 is 0 Å². The first kappa shape index (κ1) is 12.7. The predicted octanol–water partition coefficient (Wildman–Crippen LogP) is -0.125. The molecule has 88 valence electrons. The smallest absolute Gasteiger partial charge is 0.237 e. The van der Waals surface area contributed by atoms with Crippen molar-refractivity contribution in [2.75, 3.05) is 0 Å². The molecule has 5 N–H and O–H groups in total. The number of amides is 2. The fraction of sp³-hybridized carbons (Fsp3) is 0.400. The van der Waals surface area contributed by atoms with Gasteiger partial charge < -0.3 is 16.8 Å². The lowest BCUT2D eigenvalue weighted by Gasteiger charge is -2.10. The van der Waals surface area contributed by atoms with Crippen LogP contribution in [0.4, 0.5) is 0 Å². The Morgan fingerprint density at radius 2 is 2.19 bits per heavy atom. The van der Waals surface area contributed by atoms with Gasteiger partial charge in [0.15, 0.2) is 0 Å². The number of thiophene rings is 1. The zero-order valence-electron chi connectivity index (χ0n) is 9.03. The Kier molecular flexibility index (Phi) is 4.45. The van der Waals surface area contributed by atoms with E-state index in [0.717, 1.165) is 11.1 Å². The molecule has 1 aromatic heterocycles. The Balaban J connectivity index is 2.41. The van der Waals surface area contributed by atoms with Crippen LogP contribution in [0.15, 0.2) is 10.8 Å². The number of hydrogen-bond acceptors (Lipinski definition) is 4. The quantitative estimate of drug-likeness (QED) is 0.670. The first-order valence-electron chi connectivity index (χ1n) is 4.84. The molecule has 6 heteroatoms. The van der Waals surface area contributed by atoms with Crippen molar-refractivity contribution in [1.29, 1.82) is 0 Å². The van der Waals surface area contributed by atoms with Gasteiger partial charge in [0.1, 0.15) is 0 Å². The number of carbonyl (C=O) groups is 2. The molecule has 1 heterocycles. The second-order valence-corrected chi connectivity index (χ2v) is 4.32. The molecule has 0 aliphatic heterocycles. The number of nitrogens with two attached hydrogens (primary N) is 2. The molecule has 0 aliphatic carbocycles. The minimum absolute atomic E-state index is 0.131. The summed E-state index contributed by atoms with van der Waals surface area (Å²) in [6.45, 7) is 2.40. The molecular weight excluding hydrogens is 226 g/mol. The van der Waals surface area contributed by atoms with E-state index in [1.807, 2.05) is 17.7 Å². The summed E-state index contributed by atoms with van der Waals surface area (Å²) in [5, 5.41) is 6.64. The third-order valence-corrected chi connectivity index (χ3v) is 3.08. The van der Waals surface area contributed by atoms with E-state index in [4.69, 9.17) is 11.5 Å². The van der Waals surface area contributed by atoms with Crippen molar-refractivity contribution < 1.29 is 9.59 Å². The van der Waals surface area contributed by atoms with Gasteiger partial charge in [-0.2, -0.15) is 11.3 Å². The van der Waals surface area contributed by atoms with Crippen LogP contribution >= 0.6 is 11.3 Å². The molecule has 2 amide bonds. The maximum atomic E-state index is 11.4. The van der Waals surface area contributed by atoms with Crippen molar-refractivity contribution in [3.05, 3.63) is 21.9 Å². The summed E-state index contributed by atoms with van der Waals surface area (Å²) in [6, 6.07) is -0.864. The second-order valence-electron chi connectivity index (χ2n) is 3.57. The summed E-state index contributed by atoms with van der Waals surface area (Å²) in [6.07, 6.45) is -0.131. The molecule has 0 saturated heterocycles. The molecule has 1 rings (SSSR count). The van der Waals surface area contributed by atoms with Gasteiger partial charge in [-0.15, -0.1) is 0 Å². The molecule has 0 bridgehead atoms. The number of hydrogen-bond donors (Lipinski definition) is 3. The van der Waals surface area contributed by atoms with Gasteiger partial charge in [-0.1, -0.05) is 0 Å². The average Bonchev–Trinajstić information content (AvgIpc) is 2.59. The Bertz CT molecular complexity index is 389. The SMILES string of the molecule is Cc1cscc1CNC(=O)C(N)CC(N)=O. The third kappa shape index (κ3) is 3.63. The van der Waals surface area contributed by atoms with Crippen LogP contribution in [0.5, 0.6) is 0 Å². The lowest BCUT2D eigenvalue weighted by molar-refractivity contribution is -0.126. The molecule has 0 spiro atoms. The first-order valence-corrected chi connectivity index (χ1v) is 5.78. The molecule has 0 fully saturated rings. The minimum atomic E-state index is -0.864. The van der Waals surface area contributed by atoms with Gasteiger partial charge in [0.25, 0.3) is 0 Å². The summed E-state index contributed by atoms with van der Waals surface area (Å²) in [4.78, 5) is 22.0. The van der Waals surface area contributed by atoms with Gasteiger partial charge in [-0.05, 0) is 28.8 Å². The number of primary amides is 1. The van der Waals surface area contributed by atoms with Crippen LogP contribution in [0.2, 0.25) is 0 Å². The number of rotatable bonds is 5. The highest BCUT2D eigenvalue weighted by Crippen LogP contribution is 2.12. The molecule has 1 atom stereocenters. The third-order valence-electron chi connectivity index (χ3n) is 2.17. The first-order chi connectivity index (χ1) is 7.50. The minimum Gasteiger partial charge on any atom is -0.370 e. The Hall–Kier alpha value is -1.40. The Labute approximate surface area is 97.8 Å². The molecule has 0 aliphatic rings. The second kappa shape index (κ2) is 5.62. The van der Waals surface area contributed by atoms with Crippen LogP contribution < -0.4 is 16.8 Å². The van der Waals surface area contributed by atoms with Gasteiger partial charge in [0.05, 0.1) is 12.5 Å². The lowest BCUT2D eigenvalue weighted by atomic mass is 10.2. The maximum absolute atomic E-state index is 11.4. The van der Waals surface area contributed by atoms with E-state index in [1.54, 1.807) is 11.3 Å². The number of carbonyl (C=O) groups excluding carboxylic acids is 2. The largest absolute Gasteiger partial charge is 0.370 e. The van der Waals surface area contributed by atoms with Crippen LogP contribution in [-0.2, 0) is 16.1 Å². The Morgan fingerprint density at radius 3 is 2.69 bits per heavy atom. The molecule has 1 unspecified atom stereocenters. The van der Waals surface area contributed by atoms with Crippen LogP contribution in [0.3, 0.4) is 0 Å². The fourth-order valence-corrected chi connectivity index (χ4v) is 2.05. The Morgan fingerprint density at radius 1 is 1.50 bits per heavy atom. The van der Waals surface area contributed by atoms with Crippen LogP contribution in [0, 0.1) is 6.92 Å². The highest BCUT2D eigenvalue weighted by atomic mass is 32.1. The lowest BCUT2D eigenvalue weighted by Crippen LogP contribution is -2.42. The summed E-state index contributed by atoms with van der Waals surface area (Å²) in [5.41, 5.74) is 12.6. The van der Waals surface area contributed by atoms with Gasteiger partial charge in [-0.25, -0.2) is 0 Å². The summed E-state index contributed by atoms with van der Waals surface area (Å²) < 4.78 is 0. The summed E-state index contributed by atoms with van der Waals surface area (Å²) in [7, 11) is 0. The van der Waals surface area contributed by atoms with Gasteiger partial charge in [0.2, 0.25) is 11.8 Å². The van der Waals surface area contributed by atoms with E-state index in [-0.39, 0.29) is 12.3 Å². The summed E-state index contributed by atoms with van der Waals surface area (Å²) in [5.74, 6) is -0.932. The monoisotopic (exact) mass is 241 g/mol. The molecule has 16 heavy (non-hydrogen) atoms. The average molecular weight is 241 g/mol. The molecule has 0 saturated carbocycles. The van der Waals surface area contributed by atoms with Crippen molar-refractivity contribution in [2.24, 2.45) is 11.5 Å². The van der Waals surface area contributed by atoms with Crippen molar-refractivity contribution in [1.82, 2.24) is 5.32 Å². The highest BCUT2D eigenvalue weighted by Gasteiger charge is 2.15. The molecule has 5 nitrogen and oxygen atoms in total. The van der Waals surface area contributed by atoms with Gasteiger partial charge >= 0.3 is 0 Å². The predicted molar refractivity (Wildman–Crippen MR) is 62.7 cm³/mol. The van der Waals surface area contributed by atoms with Crippen LogP contribution in [0.1, 0.15) is 17.5 Å². The van der Waals surface area contributed by atoms with E-state index in [9.17, 15) is 9.59 Å². The maximum Gasteiger partial charge on any atom is 0.237 e. The van der Waals surface area contributed by atoms with Crippen LogP contribution in [-0.4, -0.2) is 17.9 Å². The van der Waals surface area contributed by atoms with Crippen molar-refractivity contribution in [3.8, 4) is 0 Å². The van der Waals surface area contributed by atoms with E-state index < -0.39 is 11.9 Å². The van der Waals surface area contributed by atoms with E-state index in [2.05, 4.69) is 5.32 Å². The molecular formula is C10H15N3O2S. The van der Waals surface area contributed by atoms with Crippen LogP contribution in [0.25, 0.3) is 0 Å². The number of nitrogens with one attached hydrogen (secondary N) is 1. The zero-order valence-corrected chi connectivity index (χ0v) is 9.84.